The van der Waals surface area contributed by atoms with Crippen molar-refractivity contribution in [3.8, 4) is 11.5 Å². The molecule has 540 valence electrons. The number of nitrogens with one attached hydrogen (secondary N) is 1. The molecule has 8 rings (SSSR count). The minimum Gasteiger partial charge on any atom is -0.505 e. The first-order valence-corrected chi connectivity index (χ1v) is 40.3. The molecule has 0 aliphatic carbocycles. The van der Waals surface area contributed by atoms with Crippen molar-refractivity contribution in [2.24, 2.45) is 40.9 Å². The summed E-state index contributed by atoms with van der Waals surface area (Å²) in [4.78, 5) is 5.90. The Hall–Kier alpha value is -9.42. The van der Waals surface area contributed by atoms with Crippen molar-refractivity contribution >= 4 is 181 Å². The standard InChI is InChI=1S/C27H25N5O13S4.C25H24N6O16S5/c1-15(33)16-3-5-18(6-4-16)30-32-26-22(49(43,44)45)14-17-13-21(48(40,41)42)25(24(28)23(17)27(26)34)31-29-19-7-9-20(10-8-19)46(35,36)11-2-12-47(37,38)39;1-27-15-4-7-18(49(35,36)37)17(12-15)29-31-24-20(51(41,42)43)11-13-10-19(50(38,39)40)23(22(26)21(13)25(24)32)30-28-14-2-5-16(6-3-14)48(33,34)9-8-47-52(44,45)46/h3-10,13-14,34H,2,11-12,28H2,1H3,(H,37,38,39)(H,40,41,42)(H,43,44,45);2-7,10-12,27,32H,8-9,26H2,1H3,(H,35,36,37)(H,38,39,40)(H,41,42,43)(H,44,45,46). The van der Waals surface area contributed by atoms with Crippen LogP contribution in [0.4, 0.5) is 62.6 Å². The van der Waals surface area contributed by atoms with Gasteiger partial charge in [-0.3, -0.25) is 36.7 Å². The van der Waals surface area contributed by atoms with Crippen LogP contribution in [0, 0.1) is 0 Å². The summed E-state index contributed by atoms with van der Waals surface area (Å²) in [6.45, 7) is 0.428. The predicted octanol–water partition coefficient (Wildman–Crippen LogP) is 8.04. The molecule has 0 aliphatic heterocycles. The molecular formula is C52H49N11O29S9. The quantitative estimate of drug-likeness (QED) is 0.0111. The lowest BCUT2D eigenvalue weighted by molar-refractivity contribution is 0.101. The van der Waals surface area contributed by atoms with Crippen LogP contribution in [0.1, 0.15) is 23.7 Å². The lowest BCUT2D eigenvalue weighted by atomic mass is 10.1. The number of Topliss-reactive ketones (excluding diaryl/α,β-unsaturated/α-hetero) is 1. The molecule has 0 heterocycles. The number of sulfone groups is 2. The van der Waals surface area contributed by atoms with Crippen molar-refractivity contribution in [1.29, 1.82) is 0 Å². The Morgan fingerprint density at radius 1 is 0.426 bits per heavy atom. The maximum Gasteiger partial charge on any atom is 0.397 e. The summed E-state index contributed by atoms with van der Waals surface area (Å²) in [5.41, 5.74) is 7.42. The van der Waals surface area contributed by atoms with E-state index in [4.69, 9.17) is 20.6 Å². The SMILES string of the molecule is CC(=O)c1ccc(N=Nc2c(S(=O)(=O)O)cc3cc(S(=O)(=O)O)c(N=Nc4ccc(S(=O)(=O)CCCS(=O)(=O)O)cc4)c(N)c3c2O)cc1.CNc1ccc(S(=O)(=O)O)c(N=Nc2c(S(=O)(=O)O)cc3cc(S(=O)(=O)O)c(N=Nc4ccc(S(=O)(=O)CCOS(=O)(=O)O)cc4)c(N)c3c2O)c1. The second kappa shape index (κ2) is 29.6. The van der Waals surface area contributed by atoms with Gasteiger partial charge in [0.05, 0.1) is 72.9 Å². The average molecular weight is 1580 g/mol. The molecule has 0 atom stereocenters. The van der Waals surface area contributed by atoms with Gasteiger partial charge in [-0.2, -0.15) is 74.3 Å². The van der Waals surface area contributed by atoms with Crippen molar-refractivity contribution in [3.05, 3.63) is 121 Å². The van der Waals surface area contributed by atoms with Crippen molar-refractivity contribution in [3.63, 3.8) is 0 Å². The lowest BCUT2D eigenvalue weighted by Crippen LogP contribution is -2.15. The van der Waals surface area contributed by atoms with Gasteiger partial charge < -0.3 is 27.0 Å². The van der Waals surface area contributed by atoms with E-state index in [9.17, 15) is 114 Å². The zero-order valence-electron chi connectivity index (χ0n) is 50.6. The fourth-order valence-electron chi connectivity index (χ4n) is 8.72. The van der Waals surface area contributed by atoms with Gasteiger partial charge in [0, 0.05) is 18.3 Å². The van der Waals surface area contributed by atoms with E-state index in [1.165, 1.54) is 44.3 Å². The number of azo groups is 4. The number of nitrogen functional groups attached to an aromatic ring is 2. The van der Waals surface area contributed by atoms with Crippen LogP contribution < -0.4 is 16.8 Å². The number of hydrogen-bond donors (Lipinski definition) is 12. The number of nitrogens with two attached hydrogens (primary N) is 2. The van der Waals surface area contributed by atoms with E-state index < -0.39 is 212 Å². The molecule has 49 heteroatoms. The third kappa shape index (κ3) is 19.8. The van der Waals surface area contributed by atoms with Gasteiger partial charge in [0.1, 0.15) is 52.9 Å². The Morgan fingerprint density at radius 3 is 1.12 bits per heavy atom. The van der Waals surface area contributed by atoms with Crippen LogP contribution in [-0.2, 0) is 95.0 Å². The normalized spacial score (nSPS) is 13.2. The van der Waals surface area contributed by atoms with E-state index in [2.05, 4.69) is 50.4 Å². The molecule has 0 amide bonds. The molecule has 0 aromatic heterocycles. The summed E-state index contributed by atoms with van der Waals surface area (Å²) in [5.74, 6) is -4.63. The van der Waals surface area contributed by atoms with Crippen molar-refractivity contribution < 1.29 is 127 Å². The van der Waals surface area contributed by atoms with Crippen LogP contribution in [0.5, 0.6) is 11.5 Å². The number of anilines is 3. The number of aromatic hydroxyl groups is 2. The highest BCUT2D eigenvalue weighted by Crippen LogP contribution is 2.50. The molecule has 0 bridgehead atoms. The number of nitrogens with zero attached hydrogens (tertiary/aromatic N) is 8. The average Bonchev–Trinajstić information content (AvgIpc) is 0.745. The van der Waals surface area contributed by atoms with Gasteiger partial charge in [-0.05, 0) is 139 Å². The zero-order chi connectivity index (χ0) is 75.6. The molecule has 8 aromatic rings. The summed E-state index contributed by atoms with van der Waals surface area (Å²) in [6, 6.07) is 20.1. The summed E-state index contributed by atoms with van der Waals surface area (Å²) >= 11 is 0. The molecule has 40 nitrogen and oxygen atoms in total. The minimum absolute atomic E-state index is 0.0612. The molecule has 0 saturated heterocycles. The monoisotopic (exact) mass is 1580 g/mol. The summed E-state index contributed by atoms with van der Waals surface area (Å²) < 4.78 is 286. The smallest absolute Gasteiger partial charge is 0.397 e. The fraction of sp³-hybridized carbons (Fsp3) is 0.135. The topological polar surface area (TPSA) is 679 Å². The number of benzene rings is 8. The van der Waals surface area contributed by atoms with Crippen LogP contribution in [0.15, 0.2) is 190 Å². The van der Waals surface area contributed by atoms with Crippen LogP contribution in [0.2, 0.25) is 0 Å². The highest BCUT2D eigenvalue weighted by Gasteiger charge is 2.31. The van der Waals surface area contributed by atoms with E-state index in [0.29, 0.717) is 23.8 Å². The van der Waals surface area contributed by atoms with Crippen LogP contribution >= 0.6 is 0 Å². The Morgan fingerprint density at radius 2 is 0.772 bits per heavy atom. The van der Waals surface area contributed by atoms with E-state index in [-0.39, 0.29) is 44.7 Å². The number of rotatable bonds is 25. The molecule has 0 saturated carbocycles. The number of hydrogen-bond acceptors (Lipinski definition) is 33. The Labute approximate surface area is 572 Å². The van der Waals surface area contributed by atoms with Crippen LogP contribution in [0.3, 0.4) is 0 Å². The number of phenolic OH excluding ortho intramolecular Hbond substituents is 2. The molecule has 14 N–H and O–H groups in total. The largest absolute Gasteiger partial charge is 0.505 e. The molecule has 101 heavy (non-hydrogen) atoms. The molecular weight excluding hydrogens is 1530 g/mol. The van der Waals surface area contributed by atoms with E-state index >= 15 is 0 Å². The number of ketones is 1. The molecule has 0 spiro atoms. The third-order valence-electron chi connectivity index (χ3n) is 13.4. The third-order valence-corrected chi connectivity index (χ3v) is 22.5. The van der Waals surface area contributed by atoms with Crippen molar-refractivity contribution in [2.75, 3.05) is 47.7 Å². The number of carbonyl (C=O) groups is 1. The highest BCUT2D eigenvalue weighted by molar-refractivity contribution is 7.92. The Bertz CT molecular complexity index is 5930. The first-order chi connectivity index (χ1) is 46.4. The number of carbonyl (C=O) groups excluding carboxylic acids is 1. The number of phenols is 2. The Kier molecular flexibility index (Phi) is 23.2. The van der Waals surface area contributed by atoms with Crippen LogP contribution in [-0.4, -0.2) is 155 Å². The first-order valence-electron chi connectivity index (χ1n) is 26.9. The molecule has 8 aromatic carbocycles. The van der Waals surface area contributed by atoms with E-state index in [1.807, 2.05) is 0 Å². The minimum atomic E-state index is -5.32. The van der Waals surface area contributed by atoms with Gasteiger partial charge in [0.2, 0.25) is 0 Å². The van der Waals surface area contributed by atoms with Crippen molar-refractivity contribution in [2.45, 2.75) is 47.6 Å². The first kappa shape index (κ1) is 78.9. The van der Waals surface area contributed by atoms with Gasteiger partial charge in [-0.25, -0.2) is 21.0 Å². The van der Waals surface area contributed by atoms with Gasteiger partial charge in [0.25, 0.3) is 60.7 Å². The van der Waals surface area contributed by atoms with E-state index in [0.717, 1.165) is 66.7 Å². The summed E-state index contributed by atoms with van der Waals surface area (Å²) in [7, 11) is -41.7. The summed E-state index contributed by atoms with van der Waals surface area (Å²) in [6.07, 6.45) is -0.377. The maximum atomic E-state index is 12.5. The zero-order valence-corrected chi connectivity index (χ0v) is 58.0. The van der Waals surface area contributed by atoms with Crippen molar-refractivity contribution in [1.82, 2.24) is 0 Å². The lowest BCUT2D eigenvalue weighted by Gasteiger charge is -2.14. The predicted molar refractivity (Wildman–Crippen MR) is 354 cm³/mol. The molecule has 0 fully saturated rings. The van der Waals surface area contributed by atoms with E-state index in [1.54, 1.807) is 0 Å². The molecule has 0 radical (unpaired) electrons. The second-order valence-corrected chi connectivity index (χ2v) is 34.2. The van der Waals surface area contributed by atoms with Gasteiger partial charge >= 0.3 is 10.4 Å². The van der Waals surface area contributed by atoms with Crippen LogP contribution in [0.25, 0.3) is 21.5 Å². The Balaban J connectivity index is 0.000000284. The molecule has 0 unspecified atom stereocenters. The van der Waals surface area contributed by atoms with Gasteiger partial charge in [-0.15, -0.1) is 25.6 Å². The fourth-order valence-corrected chi connectivity index (χ4v) is 15.5. The molecule has 0 aliphatic rings. The maximum absolute atomic E-state index is 12.5. The van der Waals surface area contributed by atoms with Gasteiger partial charge in [-0.1, -0.05) is 0 Å². The summed E-state index contributed by atoms with van der Waals surface area (Å²) in [5, 5.41) is 53.0. The second-order valence-electron chi connectivity index (χ2n) is 20.3. The number of fused-ring (bicyclic) bond motifs is 2. The van der Waals surface area contributed by atoms with Gasteiger partial charge in [0.15, 0.2) is 37.0 Å². The highest BCUT2D eigenvalue weighted by atomic mass is 32.3.